The molecule has 1 N–H and O–H groups in total. The molecule has 2 unspecified atom stereocenters. The second-order valence-electron chi connectivity index (χ2n) is 7.68. The van der Waals surface area contributed by atoms with E-state index in [1.54, 1.807) is 11.0 Å². The zero-order valence-corrected chi connectivity index (χ0v) is 16.2. The topological polar surface area (TPSA) is 44.8 Å². The van der Waals surface area contributed by atoms with Gasteiger partial charge in [0.1, 0.15) is 6.10 Å². The van der Waals surface area contributed by atoms with Gasteiger partial charge < -0.3 is 19.9 Å². The number of piperidine rings is 1. The number of morpholine rings is 1. The Labute approximate surface area is 163 Å². The van der Waals surface area contributed by atoms with E-state index in [1.807, 2.05) is 0 Å². The predicted octanol–water partition coefficient (Wildman–Crippen LogP) is 3.52. The summed E-state index contributed by atoms with van der Waals surface area (Å²) in [6.45, 7) is 3.46. The number of carbonyl (C=O) groups is 1. The number of carbonyl (C=O) groups excluding carboxylic acids is 1. The Kier molecular flexibility index (Phi) is 6.82. The van der Waals surface area contributed by atoms with Gasteiger partial charge in [0, 0.05) is 19.6 Å². The fourth-order valence-corrected chi connectivity index (χ4v) is 4.06. The van der Waals surface area contributed by atoms with Gasteiger partial charge in [-0.1, -0.05) is 18.2 Å². The van der Waals surface area contributed by atoms with Crippen molar-refractivity contribution in [3.63, 3.8) is 0 Å². The number of rotatable bonds is 4. The highest BCUT2D eigenvalue weighted by Crippen LogP contribution is 2.36. The number of urea groups is 1. The first-order chi connectivity index (χ1) is 13.3. The second-order valence-corrected chi connectivity index (χ2v) is 7.68. The number of hydrogen-bond donors (Lipinski definition) is 1. The molecule has 2 atom stereocenters. The molecule has 3 rings (SSSR count). The Bertz CT molecular complexity index is 668. The number of amides is 2. The van der Waals surface area contributed by atoms with Crippen LogP contribution < -0.4 is 5.32 Å². The van der Waals surface area contributed by atoms with Crippen LogP contribution in [-0.2, 0) is 10.9 Å². The van der Waals surface area contributed by atoms with Gasteiger partial charge in [0.2, 0.25) is 0 Å². The van der Waals surface area contributed by atoms with Crippen LogP contribution in [0.15, 0.2) is 24.3 Å². The molecule has 0 spiro atoms. The van der Waals surface area contributed by atoms with Gasteiger partial charge in [-0.15, -0.1) is 0 Å². The second kappa shape index (κ2) is 9.13. The third kappa shape index (κ3) is 5.38. The molecule has 2 aliphatic heterocycles. The van der Waals surface area contributed by atoms with Crippen molar-refractivity contribution < 1.29 is 22.7 Å². The summed E-state index contributed by atoms with van der Waals surface area (Å²) in [6.07, 6.45) is -1.95. The summed E-state index contributed by atoms with van der Waals surface area (Å²) < 4.78 is 45.4. The molecule has 156 valence electrons. The first-order valence-electron chi connectivity index (χ1n) is 9.83. The molecule has 0 radical (unpaired) electrons. The van der Waals surface area contributed by atoms with E-state index in [4.69, 9.17) is 4.74 Å². The van der Waals surface area contributed by atoms with Gasteiger partial charge in [0.25, 0.3) is 0 Å². The average Bonchev–Trinajstić information content (AvgIpc) is 2.67. The molecule has 0 aliphatic carbocycles. The van der Waals surface area contributed by atoms with Crippen molar-refractivity contribution in [2.75, 3.05) is 46.4 Å². The third-order valence-corrected chi connectivity index (χ3v) is 5.52. The standard InChI is InChI=1S/C20H28F3N3O2/c1-25-10-4-5-15(13-25)8-9-24-19(27)26-11-12-28-18(14-26)16-6-2-3-7-17(16)20(21,22)23/h2-3,6-7,15,18H,4-5,8-14H2,1H3,(H,24,27). The molecule has 2 saturated heterocycles. The molecule has 0 aromatic heterocycles. The highest BCUT2D eigenvalue weighted by atomic mass is 19.4. The van der Waals surface area contributed by atoms with Crippen LogP contribution in [0.25, 0.3) is 0 Å². The monoisotopic (exact) mass is 399 g/mol. The fourth-order valence-electron chi connectivity index (χ4n) is 4.06. The van der Waals surface area contributed by atoms with Crippen molar-refractivity contribution >= 4 is 6.03 Å². The zero-order valence-electron chi connectivity index (χ0n) is 16.2. The van der Waals surface area contributed by atoms with Crippen LogP contribution >= 0.6 is 0 Å². The highest BCUT2D eigenvalue weighted by molar-refractivity contribution is 5.74. The van der Waals surface area contributed by atoms with E-state index in [9.17, 15) is 18.0 Å². The highest BCUT2D eigenvalue weighted by Gasteiger charge is 2.37. The average molecular weight is 399 g/mol. The van der Waals surface area contributed by atoms with Crippen molar-refractivity contribution in [3.05, 3.63) is 35.4 Å². The van der Waals surface area contributed by atoms with Gasteiger partial charge >= 0.3 is 12.2 Å². The molecule has 2 fully saturated rings. The van der Waals surface area contributed by atoms with E-state index >= 15 is 0 Å². The van der Waals surface area contributed by atoms with Crippen molar-refractivity contribution in [2.45, 2.75) is 31.5 Å². The van der Waals surface area contributed by atoms with Gasteiger partial charge in [0.15, 0.2) is 0 Å². The van der Waals surface area contributed by atoms with E-state index < -0.39 is 17.8 Å². The normalized spacial score (nSPS) is 24.2. The van der Waals surface area contributed by atoms with Crippen LogP contribution in [0.5, 0.6) is 0 Å². The Balaban J connectivity index is 1.54. The molecule has 0 saturated carbocycles. The van der Waals surface area contributed by atoms with Crippen molar-refractivity contribution in [1.82, 2.24) is 15.1 Å². The van der Waals surface area contributed by atoms with Crippen LogP contribution in [0.4, 0.5) is 18.0 Å². The molecular formula is C20H28F3N3O2. The molecule has 2 heterocycles. The number of benzene rings is 1. The van der Waals surface area contributed by atoms with Crippen molar-refractivity contribution in [2.24, 2.45) is 5.92 Å². The van der Waals surface area contributed by atoms with Gasteiger partial charge in [-0.3, -0.25) is 0 Å². The van der Waals surface area contributed by atoms with Crippen LogP contribution in [0.1, 0.15) is 36.5 Å². The summed E-state index contributed by atoms with van der Waals surface area (Å²) in [6, 6.07) is 5.17. The van der Waals surface area contributed by atoms with E-state index in [1.165, 1.54) is 25.0 Å². The Hall–Kier alpha value is -1.80. The fraction of sp³-hybridized carbons (Fsp3) is 0.650. The minimum atomic E-state index is -4.45. The molecular weight excluding hydrogens is 371 g/mol. The minimum Gasteiger partial charge on any atom is -0.370 e. The smallest absolute Gasteiger partial charge is 0.370 e. The maximum absolute atomic E-state index is 13.3. The zero-order chi connectivity index (χ0) is 20.1. The van der Waals surface area contributed by atoms with E-state index in [0.717, 1.165) is 25.6 Å². The lowest BCUT2D eigenvalue weighted by Gasteiger charge is -2.34. The lowest BCUT2D eigenvalue weighted by atomic mass is 9.95. The SMILES string of the molecule is CN1CCCC(CCNC(=O)N2CCOC(c3ccccc3C(F)(F)F)C2)C1. The molecule has 28 heavy (non-hydrogen) atoms. The number of alkyl halides is 3. The van der Waals surface area contributed by atoms with E-state index in [0.29, 0.717) is 19.0 Å². The Morgan fingerprint density at radius 1 is 1.25 bits per heavy atom. The van der Waals surface area contributed by atoms with Crippen LogP contribution in [0, 0.1) is 5.92 Å². The number of nitrogens with zero attached hydrogens (tertiary/aromatic N) is 2. The van der Waals surface area contributed by atoms with Gasteiger partial charge in [-0.25, -0.2) is 4.79 Å². The maximum Gasteiger partial charge on any atom is 0.416 e. The van der Waals surface area contributed by atoms with Gasteiger partial charge in [-0.2, -0.15) is 13.2 Å². The first kappa shape index (κ1) is 20.9. The lowest BCUT2D eigenvalue weighted by molar-refractivity contribution is -0.140. The Morgan fingerprint density at radius 3 is 2.79 bits per heavy atom. The molecule has 5 nitrogen and oxygen atoms in total. The number of nitrogens with one attached hydrogen (secondary N) is 1. The van der Waals surface area contributed by atoms with Crippen molar-refractivity contribution in [1.29, 1.82) is 0 Å². The largest absolute Gasteiger partial charge is 0.416 e. The minimum absolute atomic E-state index is 0.0812. The molecule has 1 aromatic rings. The van der Waals surface area contributed by atoms with Crippen LogP contribution in [0.3, 0.4) is 0 Å². The quantitative estimate of drug-likeness (QED) is 0.843. The molecule has 8 heteroatoms. The summed E-state index contributed by atoms with van der Waals surface area (Å²) in [5.41, 5.74) is -0.624. The van der Waals surface area contributed by atoms with E-state index in [-0.39, 0.29) is 24.7 Å². The van der Waals surface area contributed by atoms with Crippen molar-refractivity contribution in [3.8, 4) is 0 Å². The summed E-state index contributed by atoms with van der Waals surface area (Å²) in [7, 11) is 2.11. The van der Waals surface area contributed by atoms with Gasteiger partial charge in [0.05, 0.1) is 18.7 Å². The molecule has 1 aromatic carbocycles. The van der Waals surface area contributed by atoms with Crippen LogP contribution in [-0.4, -0.2) is 62.2 Å². The summed E-state index contributed by atoms with van der Waals surface area (Å²) in [5, 5.41) is 2.92. The number of ether oxygens (including phenoxy) is 1. The third-order valence-electron chi connectivity index (χ3n) is 5.52. The molecule has 2 amide bonds. The first-order valence-corrected chi connectivity index (χ1v) is 9.83. The summed E-state index contributed by atoms with van der Waals surface area (Å²) in [5.74, 6) is 0.579. The van der Waals surface area contributed by atoms with E-state index in [2.05, 4.69) is 17.3 Å². The molecule has 2 aliphatic rings. The molecule has 0 bridgehead atoms. The summed E-state index contributed by atoms with van der Waals surface area (Å²) in [4.78, 5) is 16.3. The predicted molar refractivity (Wildman–Crippen MR) is 99.9 cm³/mol. The maximum atomic E-state index is 13.3. The number of halogens is 3. The summed E-state index contributed by atoms with van der Waals surface area (Å²) >= 11 is 0. The Morgan fingerprint density at radius 2 is 2.04 bits per heavy atom. The van der Waals surface area contributed by atoms with Crippen LogP contribution in [0.2, 0.25) is 0 Å². The van der Waals surface area contributed by atoms with Gasteiger partial charge in [-0.05, 0) is 50.4 Å². The number of hydrogen-bond acceptors (Lipinski definition) is 3. The number of likely N-dealkylation sites (tertiary alicyclic amines) is 1. The lowest BCUT2D eigenvalue weighted by Crippen LogP contribution is -2.48.